The summed E-state index contributed by atoms with van der Waals surface area (Å²) in [7, 11) is 0. The Hall–Kier alpha value is -2.27. The monoisotopic (exact) mass is 395 g/mol. The third-order valence-electron chi connectivity index (χ3n) is 4.46. The molecular formula is C17H21N3O6S. The van der Waals surface area contributed by atoms with Crippen LogP contribution in [0.1, 0.15) is 10.4 Å². The molecule has 1 amide bonds. The first-order chi connectivity index (χ1) is 12.8. The number of aromatic nitrogens is 2. The zero-order valence-corrected chi connectivity index (χ0v) is 15.4. The molecule has 0 aliphatic carbocycles. The summed E-state index contributed by atoms with van der Waals surface area (Å²) in [5, 5.41) is 25.2. The molecule has 3 rings (SSSR count). The third-order valence-corrected chi connectivity index (χ3v) is 5.34. The summed E-state index contributed by atoms with van der Waals surface area (Å²) in [6.07, 6.45) is -1.83. The normalized spacial score (nSPS) is 25.3. The van der Waals surface area contributed by atoms with Crippen LogP contribution in [-0.2, 0) is 22.5 Å². The minimum Gasteiger partial charge on any atom is -0.388 e. The van der Waals surface area contributed by atoms with E-state index in [0.29, 0.717) is 5.56 Å². The molecule has 0 bridgehead atoms. The Morgan fingerprint density at radius 1 is 1.41 bits per heavy atom. The van der Waals surface area contributed by atoms with Gasteiger partial charge >= 0.3 is 5.69 Å². The number of carbonyl (C=O) groups is 1. The first kappa shape index (κ1) is 19.5. The lowest BCUT2D eigenvalue weighted by molar-refractivity contribution is -0.158. The number of aliphatic hydroxyl groups is 2. The van der Waals surface area contributed by atoms with Crippen molar-refractivity contribution in [2.75, 3.05) is 6.61 Å². The lowest BCUT2D eigenvalue weighted by Gasteiger charge is -2.38. The summed E-state index contributed by atoms with van der Waals surface area (Å²) < 4.78 is 6.78. The van der Waals surface area contributed by atoms with Crippen molar-refractivity contribution in [2.24, 2.45) is 0 Å². The predicted molar refractivity (Wildman–Crippen MR) is 97.8 cm³/mol. The molecule has 1 aliphatic rings. The molecule has 27 heavy (non-hydrogen) atoms. The number of nitrogens with zero attached hydrogens (tertiary/aromatic N) is 1. The van der Waals surface area contributed by atoms with Crippen LogP contribution in [0.15, 0.2) is 33.3 Å². The van der Waals surface area contributed by atoms with Crippen LogP contribution < -0.4 is 16.6 Å². The smallest absolute Gasteiger partial charge is 0.328 e. The predicted octanol–water partition coefficient (Wildman–Crippen LogP) is -1.25. The van der Waals surface area contributed by atoms with Gasteiger partial charge in [-0.15, -0.1) is 11.3 Å². The molecule has 146 valence electrons. The standard InChI is InChI=1S/C17H21N3O6S/c1-9-6-20(17(25)19-16(9)24)7-12-15(23)14(22)11(8-26-12)18-13(21)5-10-3-2-4-27-10/h2-4,6,11-12,14-15,22-23H,5,7-8H2,1H3,(H,18,21)(H,19,24,25)/t11-,12-,14+,15-/m1/s1. The van der Waals surface area contributed by atoms with E-state index in [2.05, 4.69) is 10.3 Å². The van der Waals surface area contributed by atoms with Crippen LogP contribution in [0, 0.1) is 6.92 Å². The van der Waals surface area contributed by atoms with E-state index in [1.54, 1.807) is 6.92 Å². The SMILES string of the molecule is Cc1cn(C[C@H]2OC[C@@H](NC(=O)Cc3cccs3)[C@H](O)[C@@H]2O)c(=O)[nH]c1=O. The molecule has 10 heteroatoms. The number of nitrogens with one attached hydrogen (secondary N) is 2. The quantitative estimate of drug-likeness (QED) is 0.500. The third kappa shape index (κ3) is 4.53. The number of aliphatic hydroxyl groups excluding tert-OH is 2. The number of rotatable bonds is 5. The van der Waals surface area contributed by atoms with Gasteiger partial charge in [0.15, 0.2) is 0 Å². The van der Waals surface area contributed by atoms with E-state index in [1.807, 2.05) is 17.5 Å². The van der Waals surface area contributed by atoms with Crippen molar-refractivity contribution < 1.29 is 19.7 Å². The maximum absolute atomic E-state index is 12.1. The van der Waals surface area contributed by atoms with Crippen molar-refractivity contribution >= 4 is 17.2 Å². The first-order valence-electron chi connectivity index (χ1n) is 8.45. The molecule has 3 heterocycles. The van der Waals surface area contributed by atoms with Crippen molar-refractivity contribution in [1.82, 2.24) is 14.9 Å². The van der Waals surface area contributed by atoms with Gasteiger partial charge < -0.3 is 20.3 Å². The van der Waals surface area contributed by atoms with E-state index in [4.69, 9.17) is 4.74 Å². The van der Waals surface area contributed by atoms with Gasteiger partial charge in [0.1, 0.15) is 18.3 Å². The maximum atomic E-state index is 12.1. The topological polar surface area (TPSA) is 134 Å². The van der Waals surface area contributed by atoms with Gasteiger partial charge in [0.25, 0.3) is 5.56 Å². The number of H-pyrrole nitrogens is 1. The van der Waals surface area contributed by atoms with Crippen LogP contribution in [-0.4, -0.2) is 56.6 Å². The molecule has 0 unspecified atom stereocenters. The Balaban J connectivity index is 1.61. The second kappa shape index (κ2) is 8.17. The van der Waals surface area contributed by atoms with Gasteiger partial charge in [0.2, 0.25) is 5.91 Å². The van der Waals surface area contributed by atoms with Gasteiger partial charge in [-0.2, -0.15) is 0 Å². The average Bonchev–Trinajstić information content (AvgIpc) is 3.12. The number of carbonyl (C=O) groups excluding carboxylic acids is 1. The molecule has 2 aromatic rings. The maximum Gasteiger partial charge on any atom is 0.328 e. The van der Waals surface area contributed by atoms with Crippen LogP contribution in [0.5, 0.6) is 0 Å². The van der Waals surface area contributed by atoms with Crippen molar-refractivity contribution in [3.63, 3.8) is 0 Å². The highest BCUT2D eigenvalue weighted by Gasteiger charge is 2.39. The molecule has 1 fully saturated rings. The van der Waals surface area contributed by atoms with Gasteiger partial charge in [-0.1, -0.05) is 6.07 Å². The highest BCUT2D eigenvalue weighted by Crippen LogP contribution is 2.17. The number of hydrogen-bond donors (Lipinski definition) is 4. The first-order valence-corrected chi connectivity index (χ1v) is 9.33. The Kier molecular flexibility index (Phi) is 5.90. The molecule has 9 nitrogen and oxygen atoms in total. The lowest BCUT2D eigenvalue weighted by atomic mass is 9.97. The Morgan fingerprint density at radius 3 is 2.89 bits per heavy atom. The number of thiophene rings is 1. The van der Waals surface area contributed by atoms with E-state index in [-0.39, 0.29) is 25.5 Å². The summed E-state index contributed by atoms with van der Waals surface area (Å²) in [6.45, 7) is 1.52. The zero-order chi connectivity index (χ0) is 19.6. The van der Waals surface area contributed by atoms with E-state index in [1.165, 1.54) is 22.1 Å². The largest absolute Gasteiger partial charge is 0.388 e. The number of ether oxygens (including phenoxy) is 1. The Morgan fingerprint density at radius 2 is 2.19 bits per heavy atom. The molecule has 0 spiro atoms. The van der Waals surface area contributed by atoms with E-state index < -0.39 is 35.6 Å². The fourth-order valence-corrected chi connectivity index (χ4v) is 3.65. The zero-order valence-electron chi connectivity index (χ0n) is 14.6. The van der Waals surface area contributed by atoms with Crippen LogP contribution in [0.25, 0.3) is 0 Å². The molecule has 0 aromatic carbocycles. The molecular weight excluding hydrogens is 374 g/mol. The fourth-order valence-electron chi connectivity index (χ4n) is 2.95. The minimum absolute atomic E-state index is 0.00381. The summed E-state index contributed by atoms with van der Waals surface area (Å²) >= 11 is 1.46. The van der Waals surface area contributed by atoms with Crippen LogP contribution in [0.3, 0.4) is 0 Å². The van der Waals surface area contributed by atoms with Gasteiger partial charge in [-0.05, 0) is 18.4 Å². The van der Waals surface area contributed by atoms with Crippen LogP contribution in [0.2, 0.25) is 0 Å². The summed E-state index contributed by atoms with van der Waals surface area (Å²) in [4.78, 5) is 38.5. The lowest BCUT2D eigenvalue weighted by Crippen LogP contribution is -2.60. The number of aromatic amines is 1. The summed E-state index contributed by atoms with van der Waals surface area (Å²) in [5.41, 5.74) is -0.753. The summed E-state index contributed by atoms with van der Waals surface area (Å²) in [6, 6.07) is 2.94. The second-order valence-corrected chi connectivity index (χ2v) is 7.54. The number of hydrogen-bond acceptors (Lipinski definition) is 7. The summed E-state index contributed by atoms with van der Waals surface area (Å²) in [5.74, 6) is -0.275. The number of aryl methyl sites for hydroxylation is 1. The second-order valence-electron chi connectivity index (χ2n) is 6.51. The highest BCUT2D eigenvalue weighted by atomic mass is 32.1. The highest BCUT2D eigenvalue weighted by molar-refractivity contribution is 7.10. The Labute approximate surface area is 158 Å². The van der Waals surface area contributed by atoms with Crippen molar-refractivity contribution in [1.29, 1.82) is 0 Å². The van der Waals surface area contributed by atoms with Gasteiger partial charge in [0.05, 0.1) is 25.6 Å². The van der Waals surface area contributed by atoms with Gasteiger partial charge in [-0.25, -0.2) is 4.79 Å². The van der Waals surface area contributed by atoms with Crippen LogP contribution in [0.4, 0.5) is 0 Å². The minimum atomic E-state index is -1.30. The molecule has 0 saturated carbocycles. The molecule has 1 saturated heterocycles. The molecule has 0 radical (unpaired) electrons. The molecule has 1 aliphatic heterocycles. The van der Waals surface area contributed by atoms with Crippen LogP contribution >= 0.6 is 11.3 Å². The fraction of sp³-hybridized carbons (Fsp3) is 0.471. The van der Waals surface area contributed by atoms with Crippen molar-refractivity contribution in [3.05, 3.63) is 55.0 Å². The van der Waals surface area contributed by atoms with E-state index in [9.17, 15) is 24.6 Å². The van der Waals surface area contributed by atoms with E-state index in [0.717, 1.165) is 4.88 Å². The van der Waals surface area contributed by atoms with Gasteiger partial charge in [-0.3, -0.25) is 19.1 Å². The molecule has 2 aromatic heterocycles. The molecule has 4 atom stereocenters. The van der Waals surface area contributed by atoms with E-state index >= 15 is 0 Å². The molecule has 4 N–H and O–H groups in total. The van der Waals surface area contributed by atoms with Gasteiger partial charge in [0, 0.05) is 16.6 Å². The Bertz CT molecular complexity index is 906. The van der Waals surface area contributed by atoms with Crippen molar-refractivity contribution in [3.8, 4) is 0 Å². The average molecular weight is 395 g/mol. The number of amides is 1. The van der Waals surface area contributed by atoms with Crippen molar-refractivity contribution in [2.45, 2.75) is 44.2 Å².